The second kappa shape index (κ2) is 6.18. The second-order valence-electron chi connectivity index (χ2n) is 4.53. The van der Waals surface area contributed by atoms with Crippen molar-refractivity contribution in [2.45, 2.75) is 18.9 Å². The first-order valence-corrected chi connectivity index (χ1v) is 7.16. The fourth-order valence-electron chi connectivity index (χ4n) is 1.95. The van der Waals surface area contributed by atoms with Crippen LogP contribution < -0.4 is 0 Å². The van der Waals surface area contributed by atoms with Crippen LogP contribution in [-0.4, -0.2) is 5.11 Å². The van der Waals surface area contributed by atoms with E-state index in [4.69, 9.17) is 0 Å². The average molecular weight is 317 g/mol. The molecule has 1 N–H and O–H groups in total. The minimum atomic E-state index is -0.908. The third-order valence-electron chi connectivity index (χ3n) is 3.23. The van der Waals surface area contributed by atoms with Crippen molar-refractivity contribution in [3.63, 3.8) is 0 Å². The monoisotopic (exact) mass is 316 g/mol. The van der Waals surface area contributed by atoms with E-state index in [2.05, 4.69) is 15.9 Å². The molecule has 0 saturated heterocycles. The lowest BCUT2D eigenvalue weighted by Crippen LogP contribution is -2.21. The van der Waals surface area contributed by atoms with Crippen molar-refractivity contribution in [2.75, 3.05) is 0 Å². The lowest BCUT2D eigenvalue weighted by molar-refractivity contribution is 0.0861. The van der Waals surface area contributed by atoms with Crippen LogP contribution >= 0.6 is 15.9 Å². The Balaban J connectivity index is 2.25. The van der Waals surface area contributed by atoms with Crippen molar-refractivity contribution in [1.82, 2.24) is 0 Å². The van der Waals surface area contributed by atoms with Gasteiger partial charge in [0.1, 0.15) is 5.60 Å². The fraction of sp³-hybridized carbons (Fsp3) is 0.176. The molecule has 2 aromatic rings. The zero-order valence-corrected chi connectivity index (χ0v) is 12.5. The Bertz CT molecular complexity index is 545. The molecule has 0 heterocycles. The molecule has 0 aliphatic carbocycles. The molecule has 0 aliphatic heterocycles. The normalized spacial score (nSPS) is 14.5. The van der Waals surface area contributed by atoms with Crippen LogP contribution in [0.4, 0.5) is 0 Å². The van der Waals surface area contributed by atoms with Crippen LogP contribution in [-0.2, 0) is 5.60 Å². The highest BCUT2D eigenvalue weighted by Gasteiger charge is 2.22. The average Bonchev–Trinajstić information content (AvgIpc) is 2.47. The van der Waals surface area contributed by atoms with Gasteiger partial charge in [-0.25, -0.2) is 0 Å². The molecule has 1 atom stereocenters. The summed E-state index contributed by atoms with van der Waals surface area (Å²) in [5, 5.41) is 10.7. The molecule has 98 valence electrons. The van der Waals surface area contributed by atoms with Crippen LogP contribution in [0.5, 0.6) is 0 Å². The summed E-state index contributed by atoms with van der Waals surface area (Å²) >= 11 is 3.41. The molecular weight excluding hydrogens is 300 g/mol. The van der Waals surface area contributed by atoms with Crippen LogP contribution in [0.2, 0.25) is 0 Å². The fourth-order valence-corrected chi connectivity index (χ4v) is 2.22. The van der Waals surface area contributed by atoms with Gasteiger partial charge in [0.15, 0.2) is 0 Å². The van der Waals surface area contributed by atoms with E-state index >= 15 is 0 Å². The SMILES string of the molecule is CCC(O)(/C=C/c1ccc(Br)cc1)c1ccccc1. The summed E-state index contributed by atoms with van der Waals surface area (Å²) in [6, 6.07) is 17.8. The summed E-state index contributed by atoms with van der Waals surface area (Å²) < 4.78 is 1.05. The van der Waals surface area contributed by atoms with Crippen molar-refractivity contribution in [1.29, 1.82) is 0 Å². The van der Waals surface area contributed by atoms with Crippen LogP contribution in [0.1, 0.15) is 24.5 Å². The molecule has 0 aromatic heterocycles. The lowest BCUT2D eigenvalue weighted by Gasteiger charge is -2.23. The quantitative estimate of drug-likeness (QED) is 0.862. The predicted octanol–water partition coefficient (Wildman–Crippen LogP) is 4.76. The summed E-state index contributed by atoms with van der Waals surface area (Å²) in [6.45, 7) is 1.99. The van der Waals surface area contributed by atoms with Gasteiger partial charge in [-0.3, -0.25) is 0 Å². The van der Waals surface area contributed by atoms with E-state index in [1.807, 2.05) is 73.7 Å². The second-order valence-corrected chi connectivity index (χ2v) is 5.44. The van der Waals surface area contributed by atoms with E-state index in [0.717, 1.165) is 15.6 Å². The van der Waals surface area contributed by atoms with Gasteiger partial charge in [-0.15, -0.1) is 0 Å². The molecular formula is C17H17BrO. The number of rotatable bonds is 4. The van der Waals surface area contributed by atoms with Gasteiger partial charge >= 0.3 is 0 Å². The van der Waals surface area contributed by atoms with Crippen LogP contribution in [0, 0.1) is 0 Å². The van der Waals surface area contributed by atoms with Crippen LogP contribution in [0.25, 0.3) is 6.08 Å². The van der Waals surface area contributed by atoms with Crippen molar-refractivity contribution in [3.05, 3.63) is 76.3 Å². The van der Waals surface area contributed by atoms with Crippen molar-refractivity contribution in [2.24, 2.45) is 0 Å². The number of aliphatic hydroxyl groups is 1. The molecule has 1 unspecified atom stereocenters. The molecule has 0 bridgehead atoms. The van der Waals surface area contributed by atoms with Gasteiger partial charge in [-0.1, -0.05) is 71.4 Å². The molecule has 0 amide bonds. The van der Waals surface area contributed by atoms with Gasteiger partial charge in [-0.2, -0.15) is 0 Å². The minimum Gasteiger partial charge on any atom is -0.381 e. The van der Waals surface area contributed by atoms with Gasteiger partial charge < -0.3 is 5.11 Å². The maximum Gasteiger partial charge on any atom is 0.108 e. The topological polar surface area (TPSA) is 20.2 Å². The molecule has 2 aromatic carbocycles. The molecule has 0 spiro atoms. The lowest BCUT2D eigenvalue weighted by atomic mass is 9.90. The zero-order valence-electron chi connectivity index (χ0n) is 10.9. The van der Waals surface area contributed by atoms with Crippen LogP contribution in [0.3, 0.4) is 0 Å². The molecule has 2 heteroatoms. The van der Waals surface area contributed by atoms with Gasteiger partial charge in [0.25, 0.3) is 0 Å². The number of halogens is 1. The van der Waals surface area contributed by atoms with Crippen molar-refractivity contribution >= 4 is 22.0 Å². The Morgan fingerprint density at radius 1 is 1.05 bits per heavy atom. The summed E-state index contributed by atoms with van der Waals surface area (Å²) in [7, 11) is 0. The minimum absolute atomic E-state index is 0.643. The smallest absolute Gasteiger partial charge is 0.108 e. The van der Waals surface area contributed by atoms with Crippen molar-refractivity contribution < 1.29 is 5.11 Å². The number of hydrogen-bond acceptors (Lipinski definition) is 1. The summed E-state index contributed by atoms with van der Waals surface area (Å²) in [5.41, 5.74) is 1.09. The van der Waals surface area contributed by atoms with Crippen LogP contribution in [0.15, 0.2) is 65.1 Å². The molecule has 19 heavy (non-hydrogen) atoms. The van der Waals surface area contributed by atoms with E-state index in [1.165, 1.54) is 0 Å². The van der Waals surface area contributed by atoms with E-state index in [9.17, 15) is 5.11 Å². The van der Waals surface area contributed by atoms with Crippen molar-refractivity contribution in [3.8, 4) is 0 Å². The summed E-state index contributed by atoms with van der Waals surface area (Å²) in [4.78, 5) is 0. The largest absolute Gasteiger partial charge is 0.381 e. The maximum atomic E-state index is 10.7. The van der Waals surface area contributed by atoms with E-state index in [-0.39, 0.29) is 0 Å². The van der Waals surface area contributed by atoms with E-state index in [0.29, 0.717) is 6.42 Å². The molecule has 0 aliphatic rings. The highest BCUT2D eigenvalue weighted by molar-refractivity contribution is 9.10. The summed E-state index contributed by atoms with van der Waals surface area (Å²) in [6.07, 6.45) is 4.47. The predicted molar refractivity (Wildman–Crippen MR) is 83.8 cm³/mol. The van der Waals surface area contributed by atoms with Gasteiger partial charge in [-0.05, 0) is 35.8 Å². The summed E-state index contributed by atoms with van der Waals surface area (Å²) in [5.74, 6) is 0. The highest BCUT2D eigenvalue weighted by atomic mass is 79.9. The van der Waals surface area contributed by atoms with E-state index in [1.54, 1.807) is 0 Å². The molecule has 2 rings (SSSR count). The zero-order chi connectivity index (χ0) is 13.7. The Kier molecular flexibility index (Phi) is 4.56. The number of benzene rings is 2. The Morgan fingerprint density at radius 3 is 2.26 bits per heavy atom. The maximum absolute atomic E-state index is 10.7. The van der Waals surface area contributed by atoms with Gasteiger partial charge in [0.2, 0.25) is 0 Å². The molecule has 0 radical (unpaired) electrons. The first-order valence-electron chi connectivity index (χ1n) is 6.37. The van der Waals surface area contributed by atoms with Gasteiger partial charge in [0.05, 0.1) is 0 Å². The molecule has 1 nitrogen and oxygen atoms in total. The Morgan fingerprint density at radius 2 is 1.68 bits per heavy atom. The van der Waals surface area contributed by atoms with Gasteiger partial charge in [0, 0.05) is 4.47 Å². The Hall–Kier alpha value is -1.38. The molecule has 0 fully saturated rings. The van der Waals surface area contributed by atoms with E-state index < -0.39 is 5.60 Å². The first-order chi connectivity index (χ1) is 9.14. The number of hydrogen-bond donors (Lipinski definition) is 1. The third kappa shape index (κ3) is 3.55. The highest BCUT2D eigenvalue weighted by Crippen LogP contribution is 2.27. The standard InChI is InChI=1S/C17H17BrO/c1-2-17(19,15-6-4-3-5-7-15)13-12-14-8-10-16(18)11-9-14/h3-13,19H,2H2,1H3/b13-12+. The Labute approximate surface area is 122 Å². The third-order valence-corrected chi connectivity index (χ3v) is 3.76. The molecule has 0 saturated carbocycles. The first kappa shape index (κ1) is 14.0.